The van der Waals surface area contributed by atoms with Crippen LogP contribution in [0.15, 0.2) is 42.0 Å². The number of aromatic nitrogens is 1. The molecule has 0 amide bonds. The predicted molar refractivity (Wildman–Crippen MR) is 84.8 cm³/mol. The number of nitrogens with zero attached hydrogens (tertiary/aromatic N) is 1. The molecule has 2 aromatic heterocycles. The molecule has 106 valence electrons. The summed E-state index contributed by atoms with van der Waals surface area (Å²) in [6, 6.07) is 9.45. The third-order valence-electron chi connectivity index (χ3n) is 4.33. The minimum Gasteiger partial charge on any atom is -0.302 e. The van der Waals surface area contributed by atoms with Crippen LogP contribution in [0.2, 0.25) is 0 Å². The molecule has 0 saturated heterocycles. The molecule has 0 aromatic carbocycles. The number of hydrogen-bond acceptors (Lipinski definition) is 3. The van der Waals surface area contributed by atoms with Gasteiger partial charge in [0.1, 0.15) is 0 Å². The lowest BCUT2D eigenvalue weighted by Gasteiger charge is -2.27. The zero-order chi connectivity index (χ0) is 13.8. The van der Waals surface area contributed by atoms with Crippen LogP contribution in [0.5, 0.6) is 0 Å². The van der Waals surface area contributed by atoms with Gasteiger partial charge in [0.15, 0.2) is 0 Å². The molecular weight excluding hydrogens is 264 g/mol. The normalized spacial score (nSPS) is 19.1. The minimum absolute atomic E-state index is 0.344. The van der Waals surface area contributed by atoms with Gasteiger partial charge < -0.3 is 5.32 Å². The molecule has 1 aliphatic carbocycles. The van der Waals surface area contributed by atoms with Crippen LogP contribution in [-0.4, -0.2) is 4.98 Å². The van der Waals surface area contributed by atoms with Crippen LogP contribution in [0.1, 0.15) is 55.1 Å². The Morgan fingerprint density at radius 2 is 2.10 bits per heavy atom. The van der Waals surface area contributed by atoms with E-state index in [1.807, 2.05) is 29.8 Å². The molecule has 2 nitrogen and oxygen atoms in total. The first kappa shape index (κ1) is 13.8. The Morgan fingerprint density at radius 1 is 1.25 bits per heavy atom. The van der Waals surface area contributed by atoms with Crippen LogP contribution in [0, 0.1) is 5.92 Å². The van der Waals surface area contributed by atoms with Gasteiger partial charge in [-0.3, -0.25) is 4.98 Å². The molecule has 20 heavy (non-hydrogen) atoms. The molecule has 0 bridgehead atoms. The molecule has 3 heteroatoms. The van der Waals surface area contributed by atoms with Gasteiger partial charge in [0.25, 0.3) is 0 Å². The lowest BCUT2D eigenvalue weighted by molar-refractivity contribution is 0.343. The van der Waals surface area contributed by atoms with Crippen LogP contribution in [-0.2, 0) is 0 Å². The van der Waals surface area contributed by atoms with Crippen molar-refractivity contribution in [3.05, 3.63) is 52.5 Å². The van der Waals surface area contributed by atoms with Crippen LogP contribution in [0.25, 0.3) is 0 Å². The smallest absolute Gasteiger partial charge is 0.0448 e. The third kappa shape index (κ3) is 3.10. The molecule has 2 atom stereocenters. The van der Waals surface area contributed by atoms with Crippen LogP contribution < -0.4 is 5.32 Å². The van der Waals surface area contributed by atoms with E-state index in [9.17, 15) is 0 Å². The first-order chi connectivity index (χ1) is 9.84. The molecule has 2 aromatic rings. The monoisotopic (exact) mass is 286 g/mol. The second-order valence-corrected chi connectivity index (χ2v) is 6.69. The first-order valence-corrected chi connectivity index (χ1v) is 8.42. The van der Waals surface area contributed by atoms with E-state index in [1.165, 1.54) is 36.1 Å². The highest BCUT2D eigenvalue weighted by molar-refractivity contribution is 7.10. The maximum atomic E-state index is 4.24. The SMILES string of the molecule is C[C@@H](NC(c1cccs1)C1CCCC1)c1cccnc1. The highest BCUT2D eigenvalue weighted by Crippen LogP contribution is 2.38. The molecule has 0 spiro atoms. The van der Waals surface area contributed by atoms with Crippen molar-refractivity contribution >= 4 is 11.3 Å². The number of pyridine rings is 1. The average molecular weight is 286 g/mol. The summed E-state index contributed by atoms with van der Waals surface area (Å²) in [6.45, 7) is 2.24. The zero-order valence-electron chi connectivity index (χ0n) is 12.0. The van der Waals surface area contributed by atoms with Gasteiger partial charge in [0.05, 0.1) is 0 Å². The molecule has 1 aliphatic rings. The lowest BCUT2D eigenvalue weighted by Crippen LogP contribution is -2.29. The van der Waals surface area contributed by atoms with Crippen molar-refractivity contribution in [3.63, 3.8) is 0 Å². The lowest BCUT2D eigenvalue weighted by atomic mass is 9.95. The predicted octanol–water partition coefficient (Wildman–Crippen LogP) is 4.73. The summed E-state index contributed by atoms with van der Waals surface area (Å²) in [5.74, 6) is 0.785. The maximum absolute atomic E-state index is 4.24. The van der Waals surface area contributed by atoms with Crippen LogP contribution >= 0.6 is 11.3 Å². The van der Waals surface area contributed by atoms with E-state index in [0.29, 0.717) is 12.1 Å². The number of thiophene rings is 1. The van der Waals surface area contributed by atoms with Gasteiger partial charge in [-0.2, -0.15) is 0 Å². The van der Waals surface area contributed by atoms with Crippen molar-refractivity contribution in [3.8, 4) is 0 Å². The molecule has 0 aliphatic heterocycles. The topological polar surface area (TPSA) is 24.9 Å². The fourth-order valence-corrected chi connectivity index (χ4v) is 4.09. The van der Waals surface area contributed by atoms with Gasteiger partial charge in [-0.25, -0.2) is 0 Å². The number of hydrogen-bond donors (Lipinski definition) is 1. The zero-order valence-corrected chi connectivity index (χ0v) is 12.8. The minimum atomic E-state index is 0.344. The Hall–Kier alpha value is -1.19. The second kappa shape index (κ2) is 6.51. The summed E-state index contributed by atoms with van der Waals surface area (Å²) >= 11 is 1.88. The molecule has 3 rings (SSSR count). The molecular formula is C17H22N2S. The maximum Gasteiger partial charge on any atom is 0.0448 e. The Balaban J connectivity index is 1.76. The Morgan fingerprint density at radius 3 is 2.75 bits per heavy atom. The van der Waals surface area contributed by atoms with Gasteiger partial charge in [0.2, 0.25) is 0 Å². The van der Waals surface area contributed by atoms with Crippen molar-refractivity contribution in [1.29, 1.82) is 0 Å². The third-order valence-corrected chi connectivity index (χ3v) is 5.29. The molecule has 1 unspecified atom stereocenters. The van der Waals surface area contributed by atoms with E-state index in [1.54, 1.807) is 0 Å². The van der Waals surface area contributed by atoms with Gasteiger partial charge in [0, 0.05) is 29.4 Å². The van der Waals surface area contributed by atoms with Gasteiger partial charge in [-0.15, -0.1) is 11.3 Å². The summed E-state index contributed by atoms with van der Waals surface area (Å²) in [5, 5.41) is 6.04. The Labute approximate surface area is 125 Å². The summed E-state index contributed by atoms with van der Waals surface area (Å²) < 4.78 is 0. The van der Waals surface area contributed by atoms with Gasteiger partial charge in [-0.05, 0) is 48.8 Å². The van der Waals surface area contributed by atoms with Gasteiger partial charge in [-0.1, -0.05) is 25.0 Å². The fourth-order valence-electron chi connectivity index (χ4n) is 3.21. The summed E-state index contributed by atoms with van der Waals surface area (Å²) in [5.41, 5.74) is 1.27. The van der Waals surface area contributed by atoms with E-state index in [4.69, 9.17) is 0 Å². The van der Waals surface area contributed by atoms with Gasteiger partial charge >= 0.3 is 0 Å². The first-order valence-electron chi connectivity index (χ1n) is 7.54. The summed E-state index contributed by atoms with van der Waals surface area (Å²) in [7, 11) is 0. The Bertz CT molecular complexity index is 503. The van der Waals surface area contributed by atoms with Crippen molar-refractivity contribution in [2.75, 3.05) is 0 Å². The highest BCUT2D eigenvalue weighted by atomic mass is 32.1. The molecule has 1 fully saturated rings. The number of nitrogens with one attached hydrogen (secondary N) is 1. The van der Waals surface area contributed by atoms with Crippen molar-refractivity contribution in [2.24, 2.45) is 5.92 Å². The average Bonchev–Trinajstić information content (AvgIpc) is 3.19. The van der Waals surface area contributed by atoms with Crippen LogP contribution in [0.3, 0.4) is 0 Å². The van der Waals surface area contributed by atoms with Crippen molar-refractivity contribution in [2.45, 2.75) is 44.7 Å². The largest absolute Gasteiger partial charge is 0.302 e. The van der Waals surface area contributed by atoms with Crippen LogP contribution in [0.4, 0.5) is 0 Å². The van der Waals surface area contributed by atoms with E-state index in [-0.39, 0.29) is 0 Å². The highest BCUT2D eigenvalue weighted by Gasteiger charge is 2.28. The quantitative estimate of drug-likeness (QED) is 0.860. The van der Waals surface area contributed by atoms with E-state index < -0.39 is 0 Å². The molecule has 2 heterocycles. The molecule has 1 saturated carbocycles. The Kier molecular flexibility index (Phi) is 4.48. The standard InChI is InChI=1S/C17H22N2S/c1-13(15-8-4-10-18-12-15)19-17(14-6-2-3-7-14)16-9-5-11-20-16/h4-5,8-14,17,19H,2-3,6-7H2,1H3/t13-,17?/m1/s1. The van der Waals surface area contributed by atoms with Crippen molar-refractivity contribution < 1.29 is 0 Å². The van der Waals surface area contributed by atoms with E-state index >= 15 is 0 Å². The fraction of sp³-hybridized carbons (Fsp3) is 0.471. The van der Waals surface area contributed by atoms with E-state index in [2.05, 4.69) is 40.8 Å². The number of rotatable bonds is 5. The summed E-state index contributed by atoms with van der Waals surface area (Å²) in [4.78, 5) is 5.72. The van der Waals surface area contributed by atoms with E-state index in [0.717, 1.165) is 5.92 Å². The van der Waals surface area contributed by atoms with Crippen molar-refractivity contribution in [1.82, 2.24) is 10.3 Å². The summed E-state index contributed by atoms with van der Waals surface area (Å²) in [6.07, 6.45) is 9.29. The molecule has 1 N–H and O–H groups in total. The second-order valence-electron chi connectivity index (χ2n) is 5.71. The molecule has 0 radical (unpaired) electrons.